The summed E-state index contributed by atoms with van der Waals surface area (Å²) in [5.74, 6) is -0.375. The number of ether oxygens (including phenoxy) is 2. The van der Waals surface area contributed by atoms with Gasteiger partial charge in [0.1, 0.15) is 11.0 Å². The molecule has 1 aromatic rings. The molecule has 164 valence electrons. The molecule has 1 aromatic heterocycles. The number of esters is 2. The van der Waals surface area contributed by atoms with Crippen LogP contribution in [0, 0.1) is 34.0 Å². The van der Waals surface area contributed by atoms with Gasteiger partial charge in [0, 0.05) is 5.41 Å². The molecule has 5 saturated carbocycles. The van der Waals surface area contributed by atoms with Crippen molar-refractivity contribution in [3.8, 4) is 0 Å². The molecule has 6 aliphatic rings. The number of thiophene rings is 1. The molecule has 3 unspecified atom stereocenters. The molecular formula is C25H28O5S. The number of hydrogen-bond acceptors (Lipinski definition) is 6. The van der Waals surface area contributed by atoms with E-state index in [1.807, 2.05) is 11.4 Å². The molecule has 0 aromatic carbocycles. The number of Topliss-reactive ketones (excluding diaryl/α,β-unsaturated/α-hetero) is 1. The lowest BCUT2D eigenvalue weighted by Crippen LogP contribution is -2.73. The normalized spacial score (nSPS) is 45.5. The molecule has 0 N–H and O–H groups in total. The first-order valence-corrected chi connectivity index (χ1v) is 12.4. The number of ketones is 1. The van der Waals surface area contributed by atoms with E-state index in [0.717, 1.165) is 32.1 Å². The zero-order valence-electron chi connectivity index (χ0n) is 17.9. The summed E-state index contributed by atoms with van der Waals surface area (Å²) in [7, 11) is 0. The average molecular weight is 441 g/mol. The lowest BCUT2D eigenvalue weighted by Gasteiger charge is -2.69. The molecule has 4 bridgehead atoms. The van der Waals surface area contributed by atoms with Gasteiger partial charge in [0.25, 0.3) is 0 Å². The molecule has 1 aliphatic heterocycles. The Balaban J connectivity index is 1.50. The number of cyclic esters (lactones) is 1. The van der Waals surface area contributed by atoms with Crippen molar-refractivity contribution in [2.24, 2.45) is 34.0 Å². The molecule has 0 radical (unpaired) electrons. The van der Waals surface area contributed by atoms with Crippen LogP contribution in [0.25, 0.3) is 0 Å². The van der Waals surface area contributed by atoms with Gasteiger partial charge in [0.2, 0.25) is 0 Å². The molecule has 5 aliphatic carbocycles. The second kappa shape index (κ2) is 6.31. The van der Waals surface area contributed by atoms with Crippen molar-refractivity contribution in [1.82, 2.24) is 0 Å². The summed E-state index contributed by atoms with van der Waals surface area (Å²) in [6.45, 7) is 6.78. The minimum absolute atomic E-state index is 0.0301. The molecule has 1 saturated heterocycles. The van der Waals surface area contributed by atoms with Crippen LogP contribution in [0.2, 0.25) is 0 Å². The van der Waals surface area contributed by atoms with Gasteiger partial charge < -0.3 is 9.47 Å². The van der Waals surface area contributed by atoms with E-state index in [1.165, 1.54) is 11.3 Å². The lowest BCUT2D eigenvalue weighted by molar-refractivity contribution is -0.254. The van der Waals surface area contributed by atoms with Crippen molar-refractivity contribution in [2.75, 3.05) is 6.61 Å². The van der Waals surface area contributed by atoms with Crippen molar-refractivity contribution in [3.05, 3.63) is 34.5 Å². The highest BCUT2D eigenvalue weighted by molar-refractivity contribution is 7.11. The molecule has 6 fully saturated rings. The summed E-state index contributed by atoms with van der Waals surface area (Å²) in [5.41, 5.74) is -0.939. The van der Waals surface area contributed by atoms with Crippen LogP contribution < -0.4 is 0 Å². The summed E-state index contributed by atoms with van der Waals surface area (Å²) < 4.78 is 12.0. The third-order valence-corrected chi connectivity index (χ3v) is 10.4. The number of rotatable bonds is 2. The maximum atomic E-state index is 13.8. The van der Waals surface area contributed by atoms with Gasteiger partial charge in [-0.3, -0.25) is 9.59 Å². The fourth-order valence-electron chi connectivity index (χ4n) is 8.22. The second-order valence-corrected chi connectivity index (χ2v) is 11.6. The van der Waals surface area contributed by atoms with Crippen LogP contribution in [0.1, 0.15) is 61.5 Å². The van der Waals surface area contributed by atoms with Crippen LogP contribution in [-0.2, 0) is 19.1 Å². The first kappa shape index (κ1) is 19.7. The molecule has 7 atom stereocenters. The Kier molecular flexibility index (Phi) is 4.01. The van der Waals surface area contributed by atoms with Crippen molar-refractivity contribution in [3.63, 3.8) is 0 Å². The molecule has 1 spiro atoms. The van der Waals surface area contributed by atoms with E-state index in [1.54, 1.807) is 6.07 Å². The molecule has 5 nitrogen and oxygen atoms in total. The SMILES string of the molecule is C=C1C(=O)C23CC[C@H]1CC2[C@@]12CCC[C@@](C)(COC1=O)C2C[C@H]3OC(=O)c1cccs1. The zero-order chi connectivity index (χ0) is 21.6. The van der Waals surface area contributed by atoms with Crippen LogP contribution in [0.3, 0.4) is 0 Å². The van der Waals surface area contributed by atoms with Crippen molar-refractivity contribution in [1.29, 1.82) is 0 Å². The highest BCUT2D eigenvalue weighted by Crippen LogP contribution is 2.73. The van der Waals surface area contributed by atoms with E-state index < -0.39 is 16.9 Å². The number of allylic oxidation sites excluding steroid dienone is 1. The molecule has 6 heteroatoms. The fraction of sp³-hybridized carbons (Fsp3) is 0.640. The fourth-order valence-corrected chi connectivity index (χ4v) is 8.83. The van der Waals surface area contributed by atoms with Gasteiger partial charge in [-0.25, -0.2) is 4.79 Å². The third-order valence-electron chi connectivity index (χ3n) is 9.59. The Hall–Kier alpha value is -1.95. The summed E-state index contributed by atoms with van der Waals surface area (Å²) in [5, 5.41) is 1.86. The topological polar surface area (TPSA) is 69.7 Å². The molecule has 7 rings (SSSR count). The molecule has 31 heavy (non-hydrogen) atoms. The van der Waals surface area contributed by atoms with E-state index in [2.05, 4.69) is 13.5 Å². The summed E-state index contributed by atoms with van der Waals surface area (Å²) in [6, 6.07) is 3.60. The Morgan fingerprint density at radius 1 is 1.19 bits per heavy atom. The van der Waals surface area contributed by atoms with Crippen LogP contribution in [0.4, 0.5) is 0 Å². The Bertz CT molecular complexity index is 998. The van der Waals surface area contributed by atoms with Crippen molar-refractivity contribution < 1.29 is 23.9 Å². The summed E-state index contributed by atoms with van der Waals surface area (Å²) >= 11 is 1.35. The molecular weight excluding hydrogens is 412 g/mol. The van der Waals surface area contributed by atoms with Gasteiger partial charge >= 0.3 is 11.9 Å². The Morgan fingerprint density at radius 2 is 2.03 bits per heavy atom. The van der Waals surface area contributed by atoms with E-state index in [4.69, 9.17) is 9.47 Å². The second-order valence-electron chi connectivity index (χ2n) is 10.7. The maximum Gasteiger partial charge on any atom is 0.348 e. The zero-order valence-corrected chi connectivity index (χ0v) is 18.7. The Labute approximate surface area is 186 Å². The van der Waals surface area contributed by atoms with Gasteiger partial charge in [0.15, 0.2) is 5.78 Å². The Morgan fingerprint density at radius 3 is 2.81 bits per heavy atom. The maximum absolute atomic E-state index is 13.8. The number of hydrogen-bond donors (Lipinski definition) is 0. The smallest absolute Gasteiger partial charge is 0.348 e. The van der Waals surface area contributed by atoms with E-state index >= 15 is 0 Å². The standard InChI is InChI=1S/C25H28O5S/c1-14-15-6-9-25(20(14)26)18(11-15)24-8-4-7-23(2,13-29-22(24)28)17(24)12-19(25)30-21(27)16-5-3-10-31-16/h3,5,10,15,17-19H,1,4,6-9,11-13H2,2H3/t15-,17?,18?,19+,23-,24-,25?/m0/s1. The van der Waals surface area contributed by atoms with Crippen LogP contribution >= 0.6 is 11.3 Å². The lowest BCUT2D eigenvalue weighted by atomic mass is 9.35. The van der Waals surface area contributed by atoms with Crippen LogP contribution in [0.15, 0.2) is 29.7 Å². The van der Waals surface area contributed by atoms with Crippen LogP contribution in [0.5, 0.6) is 0 Å². The average Bonchev–Trinajstić information content (AvgIpc) is 3.30. The summed E-state index contributed by atoms with van der Waals surface area (Å²) in [4.78, 5) is 40.8. The minimum Gasteiger partial charge on any atom is -0.465 e. The van der Waals surface area contributed by atoms with Gasteiger partial charge in [0.05, 0.1) is 17.4 Å². The van der Waals surface area contributed by atoms with E-state index in [-0.39, 0.29) is 40.9 Å². The van der Waals surface area contributed by atoms with Gasteiger partial charge in [-0.1, -0.05) is 26.0 Å². The number of carbonyl (C=O) groups is 3. The van der Waals surface area contributed by atoms with Gasteiger partial charge in [-0.05, 0) is 73.3 Å². The predicted octanol–water partition coefficient (Wildman–Crippen LogP) is 4.57. The first-order valence-electron chi connectivity index (χ1n) is 11.5. The number of carbonyl (C=O) groups excluding carboxylic acids is 3. The summed E-state index contributed by atoms with van der Waals surface area (Å²) in [6.07, 6.45) is 5.12. The van der Waals surface area contributed by atoms with Gasteiger partial charge in [-0.15, -0.1) is 11.3 Å². The number of fused-ring (bicyclic) bond motifs is 2. The van der Waals surface area contributed by atoms with E-state index in [0.29, 0.717) is 29.9 Å². The third kappa shape index (κ3) is 2.30. The minimum atomic E-state index is -0.843. The van der Waals surface area contributed by atoms with Crippen molar-refractivity contribution in [2.45, 2.75) is 58.0 Å². The van der Waals surface area contributed by atoms with Gasteiger partial charge in [-0.2, -0.15) is 0 Å². The van der Waals surface area contributed by atoms with Crippen molar-refractivity contribution >= 4 is 29.1 Å². The quantitative estimate of drug-likeness (QED) is 0.498. The molecule has 2 heterocycles. The monoisotopic (exact) mass is 440 g/mol. The van der Waals surface area contributed by atoms with Crippen LogP contribution in [-0.4, -0.2) is 30.4 Å². The highest BCUT2D eigenvalue weighted by Gasteiger charge is 2.76. The largest absolute Gasteiger partial charge is 0.465 e. The highest BCUT2D eigenvalue weighted by atomic mass is 32.1. The molecule has 0 amide bonds. The first-order chi connectivity index (χ1) is 14.8. The predicted molar refractivity (Wildman–Crippen MR) is 114 cm³/mol. The van der Waals surface area contributed by atoms with E-state index in [9.17, 15) is 14.4 Å².